The highest BCUT2D eigenvalue weighted by atomic mass is 32.2. The molecule has 37 heavy (non-hydrogen) atoms. The topological polar surface area (TPSA) is 125 Å². The third-order valence-electron chi connectivity index (χ3n) is 5.80. The van der Waals surface area contributed by atoms with Crippen LogP contribution in [-0.4, -0.2) is 56.2 Å². The summed E-state index contributed by atoms with van der Waals surface area (Å²) in [6, 6.07) is 21.9. The van der Waals surface area contributed by atoms with E-state index in [0.717, 1.165) is 5.56 Å². The number of rotatable bonds is 7. The number of hydrogen-bond acceptors (Lipinski definition) is 9. The van der Waals surface area contributed by atoms with Crippen LogP contribution in [0.25, 0.3) is 0 Å². The molecule has 1 aliphatic rings. The minimum Gasteiger partial charge on any atom is -0.452 e. The lowest BCUT2D eigenvalue weighted by Crippen LogP contribution is -2.60. The molecule has 5 atom stereocenters. The van der Waals surface area contributed by atoms with E-state index in [1.165, 1.54) is 43.3 Å². The van der Waals surface area contributed by atoms with E-state index in [1.54, 1.807) is 55.5 Å². The summed E-state index contributed by atoms with van der Waals surface area (Å²) < 4.78 is 48.3. The van der Waals surface area contributed by atoms with Gasteiger partial charge in [-0.2, -0.15) is 8.42 Å². The molecule has 0 saturated carbocycles. The quantitative estimate of drug-likeness (QED) is 0.365. The van der Waals surface area contributed by atoms with Gasteiger partial charge < -0.3 is 19.3 Å². The number of esters is 2. The van der Waals surface area contributed by atoms with Crippen molar-refractivity contribution in [3.63, 3.8) is 0 Å². The predicted octanol–water partition coefficient (Wildman–Crippen LogP) is 3.26. The number of hydrogen-bond donors (Lipinski definition) is 1. The van der Waals surface area contributed by atoms with Gasteiger partial charge in [-0.3, -0.25) is 4.18 Å². The van der Waals surface area contributed by atoms with E-state index in [9.17, 15) is 23.1 Å². The highest BCUT2D eigenvalue weighted by molar-refractivity contribution is 7.86. The zero-order valence-corrected chi connectivity index (χ0v) is 20.9. The van der Waals surface area contributed by atoms with Crippen molar-refractivity contribution in [3.8, 4) is 0 Å². The SMILES string of the molecule is Cc1ccc(S(=O)(=O)O[C@H]2[C@H](OC(=O)c3ccccc3)[C@@H](OC(=O)c3ccccc3)[C@@H](O)O[C@@H]2C)cc1. The van der Waals surface area contributed by atoms with Crippen LogP contribution in [0.2, 0.25) is 0 Å². The lowest BCUT2D eigenvalue weighted by molar-refractivity contribution is -0.271. The van der Waals surface area contributed by atoms with Crippen molar-refractivity contribution in [2.45, 2.75) is 49.4 Å². The van der Waals surface area contributed by atoms with E-state index < -0.39 is 52.8 Å². The zero-order valence-electron chi connectivity index (χ0n) is 20.1. The van der Waals surface area contributed by atoms with Gasteiger partial charge in [0.15, 0.2) is 18.5 Å². The Bertz CT molecular complexity index is 1330. The Morgan fingerprint density at radius 1 is 0.757 bits per heavy atom. The summed E-state index contributed by atoms with van der Waals surface area (Å²) in [5, 5.41) is 10.7. The van der Waals surface area contributed by atoms with Crippen molar-refractivity contribution >= 4 is 22.1 Å². The molecule has 1 saturated heterocycles. The van der Waals surface area contributed by atoms with Gasteiger partial charge in [0.2, 0.25) is 0 Å². The van der Waals surface area contributed by atoms with Crippen molar-refractivity contribution in [1.29, 1.82) is 0 Å². The molecule has 1 fully saturated rings. The van der Waals surface area contributed by atoms with Crippen molar-refractivity contribution in [2.24, 2.45) is 0 Å². The Hall–Kier alpha value is -3.57. The summed E-state index contributed by atoms with van der Waals surface area (Å²) in [6.45, 7) is 3.26. The van der Waals surface area contributed by atoms with Crippen molar-refractivity contribution in [2.75, 3.05) is 0 Å². The normalized spacial score (nSPS) is 23.7. The molecule has 1 aliphatic heterocycles. The number of carbonyl (C=O) groups is 2. The van der Waals surface area contributed by atoms with Crippen LogP contribution in [0.5, 0.6) is 0 Å². The summed E-state index contributed by atoms with van der Waals surface area (Å²) in [7, 11) is -4.36. The molecule has 9 nitrogen and oxygen atoms in total. The van der Waals surface area contributed by atoms with E-state index in [-0.39, 0.29) is 16.0 Å². The zero-order chi connectivity index (χ0) is 26.6. The monoisotopic (exact) mass is 526 g/mol. The minimum absolute atomic E-state index is 0.123. The average Bonchev–Trinajstić information content (AvgIpc) is 2.89. The molecule has 194 valence electrons. The maximum Gasteiger partial charge on any atom is 0.338 e. The van der Waals surface area contributed by atoms with Crippen LogP contribution in [0.3, 0.4) is 0 Å². The summed E-state index contributed by atoms with van der Waals surface area (Å²) in [5.74, 6) is -1.65. The molecule has 0 amide bonds. The Balaban J connectivity index is 1.67. The first-order valence-corrected chi connectivity index (χ1v) is 12.9. The molecule has 0 spiro atoms. The van der Waals surface area contributed by atoms with E-state index in [0.29, 0.717) is 0 Å². The minimum atomic E-state index is -4.36. The first-order chi connectivity index (χ1) is 17.7. The second-order valence-corrected chi connectivity index (χ2v) is 10.1. The third kappa shape index (κ3) is 6.23. The van der Waals surface area contributed by atoms with Gasteiger partial charge in [-0.05, 0) is 50.2 Å². The molecule has 0 aromatic heterocycles. The lowest BCUT2D eigenvalue weighted by atomic mass is 9.99. The molecule has 0 unspecified atom stereocenters. The van der Waals surface area contributed by atoms with Gasteiger partial charge in [-0.1, -0.05) is 54.1 Å². The number of benzene rings is 3. The molecule has 10 heteroatoms. The largest absolute Gasteiger partial charge is 0.452 e. The summed E-state index contributed by atoms with van der Waals surface area (Å²) in [6.07, 6.45) is -7.35. The number of carbonyl (C=O) groups excluding carboxylic acids is 2. The van der Waals surface area contributed by atoms with Crippen LogP contribution in [0.4, 0.5) is 0 Å². The standard InChI is InChI=1S/C27H26O9S/c1-17-13-15-21(16-14-17)37(31,32)36-22-18(2)33-27(30)24(35-26(29)20-11-7-4-8-12-20)23(22)34-25(28)19-9-5-3-6-10-19/h3-16,18,22-24,27,30H,1-2H3/t18-,22-,23+,24-,27+/m1/s1. The average molecular weight is 527 g/mol. The summed E-state index contributed by atoms with van der Waals surface area (Å²) in [4.78, 5) is 25.6. The third-order valence-corrected chi connectivity index (χ3v) is 7.12. The molecule has 0 radical (unpaired) electrons. The van der Waals surface area contributed by atoms with Crippen molar-refractivity contribution < 1.29 is 41.5 Å². The fourth-order valence-corrected chi connectivity index (χ4v) is 4.96. The smallest absolute Gasteiger partial charge is 0.338 e. The molecule has 4 rings (SSSR count). The van der Waals surface area contributed by atoms with Crippen LogP contribution < -0.4 is 0 Å². The Labute approximate surface area is 214 Å². The fourth-order valence-electron chi connectivity index (χ4n) is 3.82. The van der Waals surface area contributed by atoms with E-state index >= 15 is 0 Å². The number of aliphatic hydroxyl groups is 1. The maximum atomic E-state index is 13.1. The van der Waals surface area contributed by atoms with Crippen molar-refractivity contribution in [3.05, 3.63) is 102 Å². The van der Waals surface area contributed by atoms with Gasteiger partial charge in [0.25, 0.3) is 10.1 Å². The van der Waals surface area contributed by atoms with Gasteiger partial charge in [-0.25, -0.2) is 9.59 Å². The molecule has 3 aromatic carbocycles. The second-order valence-electron chi connectivity index (χ2n) is 8.53. The molecule has 1 N–H and O–H groups in total. The Morgan fingerprint density at radius 3 is 1.76 bits per heavy atom. The van der Waals surface area contributed by atoms with Crippen LogP contribution in [0, 0.1) is 6.92 Å². The first kappa shape index (κ1) is 26.5. The lowest BCUT2D eigenvalue weighted by Gasteiger charge is -2.42. The summed E-state index contributed by atoms with van der Waals surface area (Å²) >= 11 is 0. The van der Waals surface area contributed by atoms with Gasteiger partial charge >= 0.3 is 11.9 Å². The van der Waals surface area contributed by atoms with E-state index in [2.05, 4.69) is 0 Å². The van der Waals surface area contributed by atoms with E-state index in [1.807, 2.05) is 0 Å². The fraction of sp³-hybridized carbons (Fsp3) is 0.259. The van der Waals surface area contributed by atoms with Crippen LogP contribution in [-0.2, 0) is 28.5 Å². The second kappa shape index (κ2) is 11.2. The first-order valence-electron chi connectivity index (χ1n) is 11.5. The Kier molecular flexibility index (Phi) is 8.03. The number of aliphatic hydroxyl groups excluding tert-OH is 1. The molecule has 0 bridgehead atoms. The number of ether oxygens (including phenoxy) is 3. The van der Waals surface area contributed by atoms with Crippen LogP contribution >= 0.6 is 0 Å². The van der Waals surface area contributed by atoms with Crippen LogP contribution in [0.1, 0.15) is 33.2 Å². The highest BCUT2D eigenvalue weighted by Gasteiger charge is 2.51. The van der Waals surface area contributed by atoms with Gasteiger partial charge in [0.1, 0.15) is 6.10 Å². The van der Waals surface area contributed by atoms with Gasteiger partial charge in [-0.15, -0.1) is 0 Å². The van der Waals surface area contributed by atoms with Crippen molar-refractivity contribution in [1.82, 2.24) is 0 Å². The molecular formula is C27H26O9S. The van der Waals surface area contributed by atoms with Gasteiger partial charge in [0, 0.05) is 0 Å². The summed E-state index contributed by atoms with van der Waals surface area (Å²) in [5.41, 5.74) is 1.19. The Morgan fingerprint density at radius 2 is 1.24 bits per heavy atom. The highest BCUT2D eigenvalue weighted by Crippen LogP contribution is 2.31. The molecule has 0 aliphatic carbocycles. The van der Waals surface area contributed by atoms with Gasteiger partial charge in [0.05, 0.1) is 22.1 Å². The molecule has 1 heterocycles. The molecule has 3 aromatic rings. The predicted molar refractivity (Wildman–Crippen MR) is 131 cm³/mol. The van der Waals surface area contributed by atoms with Crippen LogP contribution in [0.15, 0.2) is 89.8 Å². The maximum absolute atomic E-state index is 13.1. The molecular weight excluding hydrogens is 500 g/mol. The number of aryl methyl sites for hydroxylation is 1. The van der Waals surface area contributed by atoms with E-state index in [4.69, 9.17) is 18.4 Å².